The van der Waals surface area contributed by atoms with E-state index in [1.807, 2.05) is 63.2 Å². The van der Waals surface area contributed by atoms with Crippen LogP contribution in [0.1, 0.15) is 39.2 Å². The van der Waals surface area contributed by atoms with Gasteiger partial charge in [0.2, 0.25) is 11.8 Å². The number of methoxy groups -OCH3 is 1. The maximum absolute atomic E-state index is 14.3. The number of benzene rings is 4. The highest BCUT2D eigenvalue weighted by molar-refractivity contribution is 7.92. The van der Waals surface area contributed by atoms with Gasteiger partial charge in [-0.3, -0.25) is 13.9 Å². The Bertz CT molecular complexity index is 1660. The molecule has 0 fully saturated rings. The third kappa shape index (κ3) is 8.66. The van der Waals surface area contributed by atoms with Gasteiger partial charge in [-0.15, -0.1) is 0 Å². The third-order valence-corrected chi connectivity index (χ3v) is 9.40. The molecule has 46 heavy (non-hydrogen) atoms. The molecule has 0 aliphatic heterocycles. The lowest BCUT2D eigenvalue weighted by atomic mass is 10.1. The lowest BCUT2D eigenvalue weighted by molar-refractivity contribution is -0.140. The largest absolute Gasteiger partial charge is 0.497 e. The van der Waals surface area contributed by atoms with Gasteiger partial charge >= 0.3 is 0 Å². The number of nitrogens with one attached hydrogen (secondary N) is 1. The Morgan fingerprint density at radius 3 is 1.89 bits per heavy atom. The Labute approximate surface area is 271 Å². The van der Waals surface area contributed by atoms with Gasteiger partial charge in [-0.2, -0.15) is 0 Å². The van der Waals surface area contributed by atoms with E-state index < -0.39 is 28.5 Å². The van der Waals surface area contributed by atoms with Gasteiger partial charge in [0.15, 0.2) is 0 Å². The first-order valence-corrected chi connectivity index (χ1v) is 16.7. The Hall–Kier alpha value is -4.83. The second kappa shape index (κ2) is 15.9. The average Bonchev–Trinajstić information content (AvgIpc) is 3.08. The predicted molar refractivity (Wildman–Crippen MR) is 179 cm³/mol. The molecule has 10 heteroatoms. The molecule has 2 atom stereocenters. The molecule has 0 spiro atoms. The van der Waals surface area contributed by atoms with Gasteiger partial charge < -0.3 is 19.7 Å². The Balaban J connectivity index is 1.71. The first-order valence-electron chi connectivity index (χ1n) is 15.3. The van der Waals surface area contributed by atoms with Crippen LogP contribution in [0.4, 0.5) is 5.69 Å². The minimum absolute atomic E-state index is 0.0377. The van der Waals surface area contributed by atoms with Crippen molar-refractivity contribution in [2.75, 3.05) is 18.0 Å². The molecule has 4 aromatic carbocycles. The minimum atomic E-state index is -4.18. The summed E-state index contributed by atoms with van der Waals surface area (Å²) in [7, 11) is -2.62. The number of carbonyl (C=O) groups excluding carboxylic acids is 2. The molecular weight excluding hydrogens is 602 g/mol. The molecular formula is C36H41N3O6S. The van der Waals surface area contributed by atoms with Gasteiger partial charge in [-0.05, 0) is 86.0 Å². The molecule has 0 aromatic heterocycles. The van der Waals surface area contributed by atoms with Gasteiger partial charge in [0.25, 0.3) is 10.0 Å². The summed E-state index contributed by atoms with van der Waals surface area (Å²) in [6.45, 7) is 5.27. The fourth-order valence-electron chi connectivity index (χ4n) is 4.84. The van der Waals surface area contributed by atoms with Gasteiger partial charge in [-0.25, -0.2) is 8.42 Å². The minimum Gasteiger partial charge on any atom is -0.497 e. The summed E-state index contributed by atoms with van der Waals surface area (Å²) in [6.07, 6.45) is 1.06. The number of rotatable bonds is 15. The summed E-state index contributed by atoms with van der Waals surface area (Å²) in [4.78, 5) is 29.3. The molecule has 0 saturated heterocycles. The number of ether oxygens (including phenoxy) is 2. The average molecular weight is 644 g/mol. The lowest BCUT2D eigenvalue weighted by Gasteiger charge is -2.33. The van der Waals surface area contributed by atoms with E-state index in [4.69, 9.17) is 9.47 Å². The zero-order chi connectivity index (χ0) is 33.1. The third-order valence-electron chi connectivity index (χ3n) is 7.61. The number of carbonyl (C=O) groups is 2. The van der Waals surface area contributed by atoms with Crippen LogP contribution in [0, 0.1) is 0 Å². The second-order valence-corrected chi connectivity index (χ2v) is 12.7. The number of sulfonamides is 1. The number of nitrogens with zero attached hydrogens (tertiary/aromatic N) is 2. The first-order chi connectivity index (χ1) is 22.2. The van der Waals surface area contributed by atoms with Crippen LogP contribution in [0.25, 0.3) is 0 Å². The highest BCUT2D eigenvalue weighted by Crippen LogP contribution is 2.29. The van der Waals surface area contributed by atoms with E-state index in [1.165, 1.54) is 17.0 Å². The monoisotopic (exact) mass is 643 g/mol. The molecule has 0 aliphatic rings. The molecule has 1 N–H and O–H groups in total. The molecule has 0 unspecified atom stereocenters. The van der Waals surface area contributed by atoms with Crippen LogP contribution < -0.4 is 19.1 Å². The fraction of sp³-hybridized carbons (Fsp3) is 0.278. The molecule has 0 radical (unpaired) electrons. The normalized spacial score (nSPS) is 12.4. The fourth-order valence-corrected chi connectivity index (χ4v) is 6.28. The maximum atomic E-state index is 14.3. The molecule has 242 valence electrons. The van der Waals surface area contributed by atoms with Gasteiger partial charge in [0, 0.05) is 12.6 Å². The zero-order valence-electron chi connectivity index (χ0n) is 26.6. The summed E-state index contributed by atoms with van der Waals surface area (Å²) in [5.41, 5.74) is 1.04. The Kier molecular flexibility index (Phi) is 11.8. The van der Waals surface area contributed by atoms with E-state index in [9.17, 15) is 18.0 Å². The van der Waals surface area contributed by atoms with E-state index in [0.29, 0.717) is 23.7 Å². The summed E-state index contributed by atoms with van der Waals surface area (Å²) in [5, 5.41) is 2.99. The summed E-state index contributed by atoms with van der Waals surface area (Å²) in [6, 6.07) is 30.0. The first kappa shape index (κ1) is 34.1. The predicted octanol–water partition coefficient (Wildman–Crippen LogP) is 6.40. The molecule has 9 nitrogen and oxygen atoms in total. The van der Waals surface area contributed by atoms with Crippen LogP contribution in [0.3, 0.4) is 0 Å². The Morgan fingerprint density at radius 1 is 0.761 bits per heavy atom. The number of para-hydroxylation sites is 1. The highest BCUT2D eigenvalue weighted by atomic mass is 32.2. The molecule has 4 rings (SSSR count). The molecule has 0 saturated carbocycles. The molecule has 0 bridgehead atoms. The van der Waals surface area contributed by atoms with Crippen LogP contribution in [0.15, 0.2) is 114 Å². The van der Waals surface area contributed by atoms with E-state index in [0.717, 1.165) is 16.3 Å². The van der Waals surface area contributed by atoms with Crippen molar-refractivity contribution in [3.8, 4) is 17.2 Å². The number of amides is 2. The molecule has 2 amide bonds. The van der Waals surface area contributed by atoms with Crippen molar-refractivity contribution in [3.63, 3.8) is 0 Å². The van der Waals surface area contributed by atoms with Crippen LogP contribution in [-0.4, -0.2) is 50.9 Å². The standard InChI is InChI=1S/C36H41N3O6S/c1-5-27(3)37-36(41)34(6-2)38(25-28-17-21-30(44-4)22-18-28)35(40)26-39(46(42,43)33-15-11-8-12-16-33)29-19-23-32(24-20-29)45-31-13-9-7-10-14-31/h7-24,27,34H,5-6,25-26H2,1-4H3,(H,37,41)/t27-,34+/m0/s1. The highest BCUT2D eigenvalue weighted by Gasteiger charge is 2.34. The van der Waals surface area contributed by atoms with Crippen LogP contribution >= 0.6 is 0 Å². The smallest absolute Gasteiger partial charge is 0.264 e. The zero-order valence-corrected chi connectivity index (χ0v) is 27.4. The van der Waals surface area contributed by atoms with E-state index >= 15 is 0 Å². The van der Waals surface area contributed by atoms with Crippen molar-refractivity contribution in [2.24, 2.45) is 0 Å². The van der Waals surface area contributed by atoms with E-state index in [-0.39, 0.29) is 29.1 Å². The summed E-state index contributed by atoms with van der Waals surface area (Å²) >= 11 is 0. The lowest BCUT2D eigenvalue weighted by Crippen LogP contribution is -2.53. The van der Waals surface area contributed by atoms with Crippen molar-refractivity contribution in [1.29, 1.82) is 0 Å². The van der Waals surface area contributed by atoms with Gasteiger partial charge in [0.1, 0.15) is 29.8 Å². The SMILES string of the molecule is CC[C@H](C(=O)N[C@@H](C)CC)N(Cc1ccc(OC)cc1)C(=O)CN(c1ccc(Oc2ccccc2)cc1)S(=O)(=O)c1ccccc1. The second-order valence-electron chi connectivity index (χ2n) is 10.8. The summed E-state index contributed by atoms with van der Waals surface area (Å²) < 4.78 is 40.4. The van der Waals surface area contributed by atoms with Crippen molar-refractivity contribution in [1.82, 2.24) is 10.2 Å². The van der Waals surface area contributed by atoms with Crippen LogP contribution in [0.5, 0.6) is 17.2 Å². The number of anilines is 1. The van der Waals surface area contributed by atoms with Crippen molar-refractivity contribution < 1.29 is 27.5 Å². The van der Waals surface area contributed by atoms with Crippen molar-refractivity contribution in [3.05, 3.63) is 115 Å². The summed E-state index contributed by atoms with van der Waals surface area (Å²) in [5.74, 6) is 0.981. The van der Waals surface area contributed by atoms with Gasteiger partial charge in [-0.1, -0.05) is 62.4 Å². The quantitative estimate of drug-likeness (QED) is 0.161. The number of hydrogen-bond acceptors (Lipinski definition) is 6. The maximum Gasteiger partial charge on any atom is 0.264 e. The van der Waals surface area contributed by atoms with Crippen LogP contribution in [0.2, 0.25) is 0 Å². The molecule has 0 aliphatic carbocycles. The van der Waals surface area contributed by atoms with E-state index in [1.54, 1.807) is 61.7 Å². The Morgan fingerprint density at radius 2 is 1.33 bits per heavy atom. The van der Waals surface area contributed by atoms with Crippen LogP contribution in [-0.2, 0) is 26.2 Å². The van der Waals surface area contributed by atoms with E-state index in [2.05, 4.69) is 5.32 Å². The van der Waals surface area contributed by atoms with Gasteiger partial charge in [0.05, 0.1) is 17.7 Å². The molecule has 0 heterocycles. The topological polar surface area (TPSA) is 105 Å². The number of hydrogen-bond donors (Lipinski definition) is 1. The molecule has 4 aromatic rings. The van der Waals surface area contributed by atoms with Crippen molar-refractivity contribution in [2.45, 2.75) is 57.1 Å². The van der Waals surface area contributed by atoms with Crippen molar-refractivity contribution >= 4 is 27.5 Å².